The molecule has 0 amide bonds. The van der Waals surface area contributed by atoms with Crippen LogP contribution in [-0.4, -0.2) is 27.0 Å². The molecule has 0 unspecified atom stereocenters. The number of carbonyl (C=O) groups is 1. The van der Waals surface area contributed by atoms with Crippen LogP contribution >= 0.6 is 0 Å². The van der Waals surface area contributed by atoms with E-state index in [9.17, 15) is 14.7 Å². The second-order valence-electron chi connectivity index (χ2n) is 5.94. The number of hydrogen-bond acceptors (Lipinski definition) is 4. The maximum absolute atomic E-state index is 12.6. The highest BCUT2D eigenvalue weighted by Gasteiger charge is 2.18. The lowest BCUT2D eigenvalue weighted by molar-refractivity contribution is -0.137. The Morgan fingerprint density at radius 1 is 1.08 bits per heavy atom. The number of carboxylic acids is 1. The van der Waals surface area contributed by atoms with E-state index in [4.69, 9.17) is 5.11 Å². The molecule has 0 bridgehead atoms. The summed E-state index contributed by atoms with van der Waals surface area (Å²) in [6.45, 7) is -0.615. The minimum atomic E-state index is -1.20. The highest BCUT2D eigenvalue weighted by atomic mass is 16.4. The topological polar surface area (TPSA) is 91.9 Å². The number of pyridine rings is 1. The van der Waals surface area contributed by atoms with Crippen molar-refractivity contribution in [3.8, 4) is 5.88 Å². The summed E-state index contributed by atoms with van der Waals surface area (Å²) < 4.78 is 0.870. The molecule has 3 aromatic rings. The number of aliphatic imine (C=N–C) groups is 1. The van der Waals surface area contributed by atoms with Crippen LogP contribution < -0.4 is 5.56 Å². The Labute approximate surface area is 148 Å². The summed E-state index contributed by atoms with van der Waals surface area (Å²) in [7, 11) is 0. The van der Waals surface area contributed by atoms with Crippen molar-refractivity contribution in [2.24, 2.45) is 4.99 Å². The monoisotopic (exact) mass is 346 g/mol. The molecule has 4 rings (SSSR count). The quantitative estimate of drug-likeness (QED) is 0.762. The molecule has 6 heteroatoms. The Balaban J connectivity index is 2.01. The first-order valence-corrected chi connectivity index (χ1v) is 7.97. The molecule has 0 saturated carbocycles. The third-order valence-electron chi connectivity index (χ3n) is 4.34. The second kappa shape index (κ2) is 6.00. The molecule has 0 radical (unpaired) electrons. The van der Waals surface area contributed by atoms with E-state index in [1.165, 1.54) is 0 Å². The molecule has 0 saturated heterocycles. The van der Waals surface area contributed by atoms with Crippen LogP contribution in [0.2, 0.25) is 0 Å². The highest BCUT2D eigenvalue weighted by molar-refractivity contribution is 6.22. The number of rotatable bonds is 3. The molecular weight excluding hydrogens is 332 g/mol. The van der Waals surface area contributed by atoms with Crippen LogP contribution in [0.3, 0.4) is 0 Å². The normalized spacial score (nSPS) is 14.1. The van der Waals surface area contributed by atoms with E-state index >= 15 is 0 Å². The smallest absolute Gasteiger partial charge is 0.323 e. The van der Waals surface area contributed by atoms with Gasteiger partial charge in [-0.1, -0.05) is 36.4 Å². The zero-order valence-electron chi connectivity index (χ0n) is 13.6. The van der Waals surface area contributed by atoms with Crippen LogP contribution in [0.5, 0.6) is 5.88 Å². The largest absolute Gasteiger partial charge is 0.494 e. The van der Waals surface area contributed by atoms with Gasteiger partial charge in [-0.25, -0.2) is 0 Å². The van der Waals surface area contributed by atoms with Crippen molar-refractivity contribution in [3.63, 3.8) is 0 Å². The fraction of sp³-hybridized carbons (Fsp3) is 0.0500. The second-order valence-corrected chi connectivity index (χ2v) is 5.94. The van der Waals surface area contributed by atoms with Crippen LogP contribution in [0.25, 0.3) is 22.4 Å². The third-order valence-corrected chi connectivity index (χ3v) is 4.34. The summed E-state index contributed by atoms with van der Waals surface area (Å²) in [5.41, 5.74) is 2.36. The van der Waals surface area contributed by atoms with Gasteiger partial charge in [0.25, 0.3) is 5.56 Å². The summed E-state index contributed by atoms with van der Waals surface area (Å²) in [6.07, 6.45) is 3.41. The van der Waals surface area contributed by atoms with Gasteiger partial charge in [0.05, 0.1) is 5.69 Å². The van der Waals surface area contributed by atoms with Gasteiger partial charge >= 0.3 is 5.97 Å². The number of nitrogens with zero attached hydrogens (tertiary/aromatic N) is 2. The van der Waals surface area contributed by atoms with Crippen LogP contribution in [0.1, 0.15) is 11.1 Å². The minimum Gasteiger partial charge on any atom is -0.494 e. The number of aliphatic carboxylic acids is 1. The molecule has 0 atom stereocenters. The van der Waals surface area contributed by atoms with Crippen LogP contribution in [-0.2, 0) is 11.3 Å². The summed E-state index contributed by atoms with van der Waals surface area (Å²) in [5.74, 6) is -1.58. The minimum absolute atomic E-state index is 0.349. The average molecular weight is 346 g/mol. The van der Waals surface area contributed by atoms with Crippen molar-refractivity contribution < 1.29 is 15.0 Å². The molecule has 2 N–H and O–H groups in total. The van der Waals surface area contributed by atoms with E-state index in [-0.39, 0.29) is 5.88 Å². The van der Waals surface area contributed by atoms with Gasteiger partial charge < -0.3 is 10.2 Å². The summed E-state index contributed by atoms with van der Waals surface area (Å²) in [6, 6.07) is 14.4. The molecule has 26 heavy (non-hydrogen) atoms. The predicted octanol–water partition coefficient (Wildman–Crippen LogP) is 3.05. The van der Waals surface area contributed by atoms with Crippen molar-refractivity contribution in [2.75, 3.05) is 0 Å². The zero-order valence-corrected chi connectivity index (χ0v) is 13.6. The molecule has 128 valence electrons. The number of carboxylic acid groups (broad SMARTS) is 1. The van der Waals surface area contributed by atoms with E-state index in [1.54, 1.807) is 36.6 Å². The van der Waals surface area contributed by atoms with Gasteiger partial charge in [0, 0.05) is 28.3 Å². The van der Waals surface area contributed by atoms with E-state index in [2.05, 4.69) is 4.99 Å². The lowest BCUT2D eigenvalue weighted by Gasteiger charge is -2.12. The molecule has 0 fully saturated rings. The number of para-hydroxylation sites is 1. The van der Waals surface area contributed by atoms with Crippen molar-refractivity contribution in [1.29, 1.82) is 0 Å². The Hall–Kier alpha value is -3.67. The average Bonchev–Trinajstić information content (AvgIpc) is 3.05. The molecular formula is C20H14N2O4. The molecule has 2 heterocycles. The molecule has 1 aromatic heterocycles. The maximum atomic E-state index is 12.6. The molecule has 6 nitrogen and oxygen atoms in total. The molecule has 0 spiro atoms. The van der Waals surface area contributed by atoms with Gasteiger partial charge in [0.15, 0.2) is 0 Å². The Bertz CT molecular complexity index is 1170. The lowest BCUT2D eigenvalue weighted by Crippen LogP contribution is -2.24. The summed E-state index contributed by atoms with van der Waals surface area (Å²) >= 11 is 0. The van der Waals surface area contributed by atoms with Gasteiger partial charge in [-0.15, -0.1) is 0 Å². The lowest BCUT2D eigenvalue weighted by atomic mass is 10.0. The number of aromatic nitrogens is 1. The third kappa shape index (κ3) is 2.48. The maximum Gasteiger partial charge on any atom is 0.323 e. The van der Waals surface area contributed by atoms with E-state index in [0.29, 0.717) is 16.3 Å². The van der Waals surface area contributed by atoms with Gasteiger partial charge in [0.2, 0.25) is 5.88 Å². The first-order chi connectivity index (χ1) is 12.6. The number of hydrogen-bond donors (Lipinski definition) is 2. The molecule has 2 aromatic carbocycles. The SMILES string of the molecule is O=C(O)Cn1c(O)c(/C=C2\C=Nc3ccccc32)c2ccccc2c1=O. The Morgan fingerprint density at radius 3 is 2.54 bits per heavy atom. The fourth-order valence-electron chi connectivity index (χ4n) is 3.15. The van der Waals surface area contributed by atoms with Crippen molar-refractivity contribution in [3.05, 3.63) is 70.0 Å². The molecule has 0 aliphatic carbocycles. The summed E-state index contributed by atoms with van der Waals surface area (Å²) in [4.78, 5) is 28.0. The van der Waals surface area contributed by atoms with E-state index in [1.807, 2.05) is 24.3 Å². The predicted molar refractivity (Wildman–Crippen MR) is 100.0 cm³/mol. The van der Waals surface area contributed by atoms with Gasteiger partial charge in [-0.05, 0) is 23.6 Å². The molecule has 1 aliphatic heterocycles. The first kappa shape index (κ1) is 15.8. The first-order valence-electron chi connectivity index (χ1n) is 7.97. The van der Waals surface area contributed by atoms with E-state index in [0.717, 1.165) is 21.4 Å². The van der Waals surface area contributed by atoms with E-state index < -0.39 is 18.1 Å². The number of allylic oxidation sites excluding steroid dienone is 1. The van der Waals surface area contributed by atoms with Crippen molar-refractivity contribution >= 4 is 40.3 Å². The van der Waals surface area contributed by atoms with Gasteiger partial charge in [-0.2, -0.15) is 0 Å². The Morgan fingerprint density at radius 2 is 1.77 bits per heavy atom. The van der Waals surface area contributed by atoms with Crippen molar-refractivity contribution in [2.45, 2.75) is 6.54 Å². The Kier molecular flexibility index (Phi) is 3.65. The number of fused-ring (bicyclic) bond motifs is 2. The number of benzene rings is 2. The molecule has 1 aliphatic rings. The standard InChI is InChI=1S/C20H14N2O4/c23-18(24)11-22-19(25)15-7-2-1-6-14(15)16(20(22)26)9-12-10-21-17-8-4-3-5-13(12)17/h1-10,26H,11H2,(H,23,24)/b12-9+. The van der Waals surface area contributed by atoms with Gasteiger partial charge in [-0.3, -0.25) is 19.1 Å². The highest BCUT2D eigenvalue weighted by Crippen LogP contribution is 2.35. The summed E-state index contributed by atoms with van der Waals surface area (Å²) in [5, 5.41) is 20.6. The number of aromatic hydroxyl groups is 1. The fourth-order valence-corrected chi connectivity index (χ4v) is 3.15. The van der Waals surface area contributed by atoms with Crippen molar-refractivity contribution in [1.82, 2.24) is 4.57 Å². The van der Waals surface area contributed by atoms with Crippen LogP contribution in [0, 0.1) is 0 Å². The van der Waals surface area contributed by atoms with Crippen LogP contribution in [0.4, 0.5) is 5.69 Å². The zero-order chi connectivity index (χ0) is 18.3. The van der Waals surface area contributed by atoms with Crippen LogP contribution in [0.15, 0.2) is 58.3 Å². The van der Waals surface area contributed by atoms with Gasteiger partial charge in [0.1, 0.15) is 6.54 Å².